The van der Waals surface area contributed by atoms with E-state index in [0.717, 1.165) is 11.4 Å². The molecule has 1 amide bonds. The Labute approximate surface area is 140 Å². The molecule has 0 spiro atoms. The van der Waals surface area contributed by atoms with E-state index in [1.54, 1.807) is 30.3 Å². The van der Waals surface area contributed by atoms with Crippen molar-refractivity contribution in [3.05, 3.63) is 47.5 Å². The van der Waals surface area contributed by atoms with Crippen molar-refractivity contribution in [2.75, 3.05) is 29.0 Å². The lowest BCUT2D eigenvalue weighted by Crippen LogP contribution is -2.42. The number of carbonyl (C=O) groups excluding carboxylic acids is 1. The quantitative estimate of drug-likeness (QED) is 0.848. The predicted molar refractivity (Wildman–Crippen MR) is 93.2 cm³/mol. The van der Waals surface area contributed by atoms with Crippen molar-refractivity contribution in [2.45, 2.75) is 13.0 Å². The number of rotatable bonds is 3. The highest BCUT2D eigenvalue weighted by Gasteiger charge is 2.24. The van der Waals surface area contributed by atoms with Crippen LogP contribution in [0.25, 0.3) is 0 Å². The van der Waals surface area contributed by atoms with Crippen LogP contribution in [0.2, 0.25) is 5.02 Å². The molecule has 3 rings (SSSR count). The minimum Gasteiger partial charge on any atom is -0.487 e. The molecule has 1 atom stereocenters. The van der Waals surface area contributed by atoms with E-state index in [1.807, 2.05) is 24.0 Å². The van der Waals surface area contributed by atoms with Crippen molar-refractivity contribution in [1.29, 1.82) is 0 Å². The highest BCUT2D eigenvalue weighted by molar-refractivity contribution is 6.30. The van der Waals surface area contributed by atoms with Crippen LogP contribution in [-0.2, 0) is 4.79 Å². The molecule has 0 aliphatic carbocycles. The number of benzene rings is 2. The van der Waals surface area contributed by atoms with Crippen LogP contribution in [0.3, 0.4) is 0 Å². The molecule has 0 aromatic heterocycles. The zero-order valence-electron chi connectivity index (χ0n) is 12.8. The summed E-state index contributed by atoms with van der Waals surface area (Å²) in [4.78, 5) is 14.3. The first kappa shape index (κ1) is 15.5. The molecule has 23 heavy (non-hydrogen) atoms. The van der Waals surface area contributed by atoms with Crippen molar-refractivity contribution in [3.63, 3.8) is 0 Å². The van der Waals surface area contributed by atoms with Gasteiger partial charge < -0.3 is 20.7 Å². The van der Waals surface area contributed by atoms with E-state index >= 15 is 0 Å². The van der Waals surface area contributed by atoms with Crippen LogP contribution in [0, 0.1) is 0 Å². The lowest BCUT2D eigenvalue weighted by Gasteiger charge is -2.34. The number of nitrogens with two attached hydrogens (primary N) is 1. The second kappa shape index (κ2) is 6.38. The Morgan fingerprint density at radius 3 is 2.83 bits per heavy atom. The number of ether oxygens (including phenoxy) is 1. The zero-order chi connectivity index (χ0) is 16.4. The predicted octanol–water partition coefficient (Wildman–Crippen LogP) is 3.15. The summed E-state index contributed by atoms with van der Waals surface area (Å²) in [5, 5.41) is 3.50. The van der Waals surface area contributed by atoms with Crippen LogP contribution >= 0.6 is 11.6 Å². The SMILES string of the molecule is CC1CN(CC(=O)Nc2ccc(Cl)cc2)c2cc(N)ccc2O1. The molecule has 120 valence electrons. The first-order chi connectivity index (χ1) is 11.0. The van der Waals surface area contributed by atoms with Gasteiger partial charge >= 0.3 is 0 Å². The number of hydrogen-bond donors (Lipinski definition) is 2. The molecule has 0 saturated carbocycles. The van der Waals surface area contributed by atoms with E-state index in [0.29, 0.717) is 22.9 Å². The lowest BCUT2D eigenvalue weighted by atomic mass is 10.2. The number of hydrogen-bond acceptors (Lipinski definition) is 4. The number of halogens is 1. The van der Waals surface area contributed by atoms with E-state index in [1.165, 1.54) is 0 Å². The van der Waals surface area contributed by atoms with Gasteiger partial charge in [-0.2, -0.15) is 0 Å². The zero-order valence-corrected chi connectivity index (χ0v) is 13.5. The Morgan fingerprint density at radius 2 is 2.09 bits per heavy atom. The van der Waals surface area contributed by atoms with Crippen LogP contribution < -0.4 is 20.7 Å². The van der Waals surface area contributed by atoms with E-state index in [4.69, 9.17) is 22.1 Å². The number of carbonyl (C=O) groups is 1. The van der Waals surface area contributed by atoms with Gasteiger partial charge in [0.2, 0.25) is 5.91 Å². The Kier molecular flexibility index (Phi) is 4.30. The van der Waals surface area contributed by atoms with Gasteiger partial charge in [0.25, 0.3) is 0 Å². The maximum Gasteiger partial charge on any atom is 0.243 e. The molecule has 1 heterocycles. The monoisotopic (exact) mass is 331 g/mol. The molecular formula is C17H18ClN3O2. The molecule has 0 bridgehead atoms. The molecule has 5 nitrogen and oxygen atoms in total. The molecule has 1 aliphatic rings. The van der Waals surface area contributed by atoms with Crippen molar-refractivity contribution in [2.24, 2.45) is 0 Å². The summed E-state index contributed by atoms with van der Waals surface area (Å²) in [6, 6.07) is 12.5. The Hall–Kier alpha value is -2.40. The van der Waals surface area contributed by atoms with Crippen LogP contribution in [0.4, 0.5) is 17.1 Å². The van der Waals surface area contributed by atoms with Gasteiger partial charge in [-0.05, 0) is 49.4 Å². The van der Waals surface area contributed by atoms with E-state index in [-0.39, 0.29) is 18.6 Å². The van der Waals surface area contributed by atoms with E-state index in [9.17, 15) is 4.79 Å². The van der Waals surface area contributed by atoms with Crippen molar-refractivity contribution >= 4 is 34.6 Å². The standard InChI is InChI=1S/C17H18ClN3O2/c1-11-9-21(15-8-13(19)4-7-16(15)23-11)10-17(22)20-14-5-2-12(18)3-6-14/h2-8,11H,9-10,19H2,1H3,(H,20,22). The number of nitrogens with one attached hydrogen (secondary N) is 1. The first-order valence-corrected chi connectivity index (χ1v) is 7.75. The van der Waals surface area contributed by atoms with Gasteiger partial charge in [-0.1, -0.05) is 11.6 Å². The number of amides is 1. The smallest absolute Gasteiger partial charge is 0.243 e. The fraction of sp³-hybridized carbons (Fsp3) is 0.235. The fourth-order valence-electron chi connectivity index (χ4n) is 2.60. The van der Waals surface area contributed by atoms with Crippen molar-refractivity contribution in [1.82, 2.24) is 0 Å². The number of nitrogen functional groups attached to an aromatic ring is 1. The maximum absolute atomic E-state index is 12.3. The van der Waals surface area contributed by atoms with Crippen LogP contribution in [0.15, 0.2) is 42.5 Å². The Morgan fingerprint density at radius 1 is 1.35 bits per heavy atom. The third kappa shape index (κ3) is 3.68. The summed E-state index contributed by atoms with van der Waals surface area (Å²) < 4.78 is 5.79. The lowest BCUT2D eigenvalue weighted by molar-refractivity contribution is -0.115. The van der Waals surface area contributed by atoms with Crippen LogP contribution in [-0.4, -0.2) is 25.1 Å². The summed E-state index contributed by atoms with van der Waals surface area (Å²) in [6.45, 7) is 2.83. The van der Waals surface area contributed by atoms with Crippen molar-refractivity contribution < 1.29 is 9.53 Å². The molecule has 0 saturated heterocycles. The highest BCUT2D eigenvalue weighted by atomic mass is 35.5. The van der Waals surface area contributed by atoms with E-state index in [2.05, 4.69) is 5.32 Å². The molecule has 0 radical (unpaired) electrons. The molecule has 3 N–H and O–H groups in total. The molecule has 2 aromatic rings. The summed E-state index contributed by atoms with van der Waals surface area (Å²) in [5.74, 6) is 0.645. The maximum atomic E-state index is 12.3. The second-order valence-corrected chi connectivity index (χ2v) is 6.03. The summed E-state index contributed by atoms with van der Waals surface area (Å²) >= 11 is 5.84. The molecule has 6 heteroatoms. The third-order valence-electron chi connectivity index (χ3n) is 3.59. The van der Waals surface area contributed by atoms with Gasteiger partial charge in [-0.15, -0.1) is 0 Å². The minimum absolute atomic E-state index is 0.00876. The van der Waals surface area contributed by atoms with Crippen LogP contribution in [0.5, 0.6) is 5.75 Å². The summed E-state index contributed by atoms with van der Waals surface area (Å²) in [6.07, 6.45) is 0.00876. The average molecular weight is 332 g/mol. The highest BCUT2D eigenvalue weighted by Crippen LogP contribution is 2.34. The fourth-order valence-corrected chi connectivity index (χ4v) is 2.73. The topological polar surface area (TPSA) is 67.6 Å². The minimum atomic E-state index is -0.102. The largest absolute Gasteiger partial charge is 0.487 e. The first-order valence-electron chi connectivity index (χ1n) is 7.38. The van der Waals surface area contributed by atoms with Gasteiger partial charge in [0.1, 0.15) is 11.9 Å². The summed E-state index contributed by atoms with van der Waals surface area (Å²) in [5.41, 5.74) is 8.05. The molecule has 2 aromatic carbocycles. The summed E-state index contributed by atoms with van der Waals surface area (Å²) in [7, 11) is 0. The molecule has 0 fully saturated rings. The Balaban J connectivity index is 1.73. The number of nitrogens with zero attached hydrogens (tertiary/aromatic N) is 1. The van der Waals surface area contributed by atoms with E-state index < -0.39 is 0 Å². The van der Waals surface area contributed by atoms with Gasteiger partial charge in [-0.25, -0.2) is 0 Å². The number of fused-ring (bicyclic) bond motifs is 1. The normalized spacial score (nSPS) is 16.4. The second-order valence-electron chi connectivity index (χ2n) is 5.59. The van der Waals surface area contributed by atoms with Gasteiger partial charge in [0.15, 0.2) is 0 Å². The molecule has 1 aliphatic heterocycles. The Bertz CT molecular complexity index is 718. The molecular weight excluding hydrogens is 314 g/mol. The molecule has 1 unspecified atom stereocenters. The van der Waals surface area contributed by atoms with Gasteiger partial charge in [-0.3, -0.25) is 4.79 Å². The van der Waals surface area contributed by atoms with Gasteiger partial charge in [0, 0.05) is 16.4 Å². The van der Waals surface area contributed by atoms with Crippen LogP contribution in [0.1, 0.15) is 6.92 Å². The van der Waals surface area contributed by atoms with Crippen molar-refractivity contribution in [3.8, 4) is 5.75 Å². The average Bonchev–Trinajstić information content (AvgIpc) is 2.50. The number of anilines is 3. The van der Waals surface area contributed by atoms with Gasteiger partial charge in [0.05, 0.1) is 18.8 Å². The third-order valence-corrected chi connectivity index (χ3v) is 3.84.